The molecule has 0 spiro atoms. The van der Waals surface area contributed by atoms with Crippen molar-refractivity contribution in [1.82, 2.24) is 9.80 Å². The third-order valence-corrected chi connectivity index (χ3v) is 7.56. The molecule has 1 aromatic heterocycles. The molecule has 1 aliphatic heterocycles. The quantitative estimate of drug-likeness (QED) is 0.616. The predicted molar refractivity (Wildman–Crippen MR) is 133 cm³/mol. The molecule has 7 heteroatoms. The van der Waals surface area contributed by atoms with Gasteiger partial charge >= 0.3 is 5.97 Å². The van der Waals surface area contributed by atoms with Gasteiger partial charge in [-0.15, -0.1) is 11.3 Å². The summed E-state index contributed by atoms with van der Waals surface area (Å²) in [5.74, 6) is 0.222. The van der Waals surface area contributed by atoms with E-state index < -0.39 is 0 Å². The summed E-state index contributed by atoms with van der Waals surface area (Å²) in [6.07, 6.45) is 2.70. The van der Waals surface area contributed by atoms with Gasteiger partial charge in [0, 0.05) is 37.6 Å². The molecule has 1 aliphatic carbocycles. The average Bonchev–Trinajstić information content (AvgIpc) is 3.12. The molecule has 1 N–H and O–H groups in total. The Morgan fingerprint density at radius 2 is 1.82 bits per heavy atom. The third kappa shape index (κ3) is 6.22. The van der Waals surface area contributed by atoms with Crippen LogP contribution in [0.5, 0.6) is 0 Å². The smallest absolute Gasteiger partial charge is 0.341 e. The van der Waals surface area contributed by atoms with Crippen LogP contribution in [0, 0.1) is 5.92 Å². The number of esters is 1. The second-order valence-electron chi connectivity index (χ2n) is 9.60. The molecule has 33 heavy (non-hydrogen) atoms. The van der Waals surface area contributed by atoms with Crippen molar-refractivity contribution >= 4 is 28.2 Å². The highest BCUT2D eigenvalue weighted by molar-refractivity contribution is 7.17. The molecule has 178 valence electrons. The van der Waals surface area contributed by atoms with Gasteiger partial charge in [-0.3, -0.25) is 14.6 Å². The number of nitrogens with one attached hydrogen (secondary N) is 1. The number of amides is 1. The van der Waals surface area contributed by atoms with Gasteiger partial charge in [-0.1, -0.05) is 37.3 Å². The van der Waals surface area contributed by atoms with Crippen LogP contribution in [0.15, 0.2) is 30.3 Å². The van der Waals surface area contributed by atoms with Crippen molar-refractivity contribution in [3.05, 3.63) is 51.9 Å². The lowest BCUT2D eigenvalue weighted by atomic mass is 9.88. The van der Waals surface area contributed by atoms with Gasteiger partial charge in [-0.2, -0.15) is 0 Å². The van der Waals surface area contributed by atoms with Gasteiger partial charge in [-0.05, 0) is 50.2 Å². The summed E-state index contributed by atoms with van der Waals surface area (Å²) in [6, 6.07) is 10.5. The highest BCUT2D eigenvalue weighted by atomic mass is 32.1. The lowest BCUT2D eigenvalue weighted by Crippen LogP contribution is -2.48. The molecule has 1 amide bonds. The van der Waals surface area contributed by atoms with Gasteiger partial charge in [0.15, 0.2) is 0 Å². The van der Waals surface area contributed by atoms with Gasteiger partial charge in [0.1, 0.15) is 5.00 Å². The van der Waals surface area contributed by atoms with Crippen LogP contribution < -0.4 is 5.32 Å². The Balaban J connectivity index is 1.36. The molecule has 1 aromatic carbocycles. The number of rotatable bonds is 7. The average molecular weight is 470 g/mol. The summed E-state index contributed by atoms with van der Waals surface area (Å²) in [4.78, 5) is 31.6. The number of carbonyl (C=O) groups is 2. The maximum absolute atomic E-state index is 12.9. The highest BCUT2D eigenvalue weighted by Gasteiger charge is 2.30. The van der Waals surface area contributed by atoms with E-state index in [2.05, 4.69) is 46.3 Å². The third-order valence-electron chi connectivity index (χ3n) is 6.39. The maximum Gasteiger partial charge on any atom is 0.341 e. The Morgan fingerprint density at radius 1 is 1.12 bits per heavy atom. The monoisotopic (exact) mass is 469 g/mol. The Bertz CT molecular complexity index is 965. The molecule has 4 rings (SSSR count). The minimum Gasteiger partial charge on any atom is -0.459 e. The second kappa shape index (κ2) is 10.8. The standard InChI is InChI=1S/C26H35N3O3S/c1-18(2)32-26(31)24-21-10-9-19(3)15-22(21)33-25(24)27-23(30)17-29-13-11-28(12-14-29)16-20-7-5-4-6-8-20/h4-8,18-19H,9-17H2,1-3H3,(H,27,30)/t19-/m0/s1. The fraction of sp³-hybridized carbons (Fsp3) is 0.538. The zero-order valence-corrected chi connectivity index (χ0v) is 20.7. The van der Waals surface area contributed by atoms with E-state index in [9.17, 15) is 9.59 Å². The number of fused-ring (bicyclic) bond motifs is 1. The molecule has 0 saturated carbocycles. The van der Waals surface area contributed by atoms with E-state index in [0.29, 0.717) is 23.0 Å². The van der Waals surface area contributed by atoms with Crippen LogP contribution in [0.25, 0.3) is 0 Å². The van der Waals surface area contributed by atoms with Gasteiger partial charge < -0.3 is 10.1 Å². The van der Waals surface area contributed by atoms with Gasteiger partial charge in [0.05, 0.1) is 18.2 Å². The van der Waals surface area contributed by atoms with Crippen molar-refractivity contribution in [2.45, 2.75) is 52.7 Å². The number of piperazine rings is 1. The molecule has 1 fully saturated rings. The van der Waals surface area contributed by atoms with E-state index in [1.165, 1.54) is 10.4 Å². The van der Waals surface area contributed by atoms with E-state index in [1.807, 2.05) is 19.9 Å². The first-order chi connectivity index (χ1) is 15.9. The summed E-state index contributed by atoms with van der Waals surface area (Å²) in [6.45, 7) is 10.9. The lowest BCUT2D eigenvalue weighted by Gasteiger charge is -2.34. The number of anilines is 1. The van der Waals surface area contributed by atoms with Crippen LogP contribution >= 0.6 is 11.3 Å². The topological polar surface area (TPSA) is 61.9 Å². The molecule has 2 aliphatic rings. The number of thiophene rings is 1. The molecule has 0 unspecified atom stereocenters. The van der Waals surface area contributed by atoms with Crippen LogP contribution in [0.4, 0.5) is 5.00 Å². The Kier molecular flexibility index (Phi) is 7.83. The van der Waals surface area contributed by atoms with E-state index >= 15 is 0 Å². The fourth-order valence-electron chi connectivity index (χ4n) is 4.64. The van der Waals surface area contributed by atoms with Crippen LogP contribution in [-0.2, 0) is 28.9 Å². The van der Waals surface area contributed by atoms with Crippen molar-refractivity contribution in [2.75, 3.05) is 38.0 Å². The van der Waals surface area contributed by atoms with Crippen molar-refractivity contribution < 1.29 is 14.3 Å². The summed E-state index contributed by atoms with van der Waals surface area (Å²) >= 11 is 1.55. The van der Waals surface area contributed by atoms with Crippen LogP contribution in [0.2, 0.25) is 0 Å². The van der Waals surface area contributed by atoms with Gasteiger partial charge in [-0.25, -0.2) is 4.79 Å². The van der Waals surface area contributed by atoms with Crippen LogP contribution in [0.1, 0.15) is 53.6 Å². The first-order valence-electron chi connectivity index (χ1n) is 12.0. The minimum atomic E-state index is -0.318. The summed E-state index contributed by atoms with van der Waals surface area (Å²) in [5.41, 5.74) is 2.98. The molecule has 2 aromatic rings. The molecule has 0 radical (unpaired) electrons. The molecule has 1 atom stereocenters. The second-order valence-corrected chi connectivity index (χ2v) is 10.7. The van der Waals surface area contributed by atoms with Crippen molar-refractivity contribution in [3.63, 3.8) is 0 Å². The van der Waals surface area contributed by atoms with E-state index in [4.69, 9.17) is 4.74 Å². The normalized spacial score (nSPS) is 19.3. The van der Waals surface area contributed by atoms with E-state index in [0.717, 1.165) is 57.5 Å². The molecular weight excluding hydrogens is 434 g/mol. The zero-order chi connectivity index (χ0) is 23.4. The Hall–Kier alpha value is -2.22. The first-order valence-corrected chi connectivity index (χ1v) is 12.8. The SMILES string of the molecule is CC(C)OC(=O)c1c(NC(=O)CN2CCN(Cc3ccccc3)CC2)sc2c1CC[C@H](C)C2. The van der Waals surface area contributed by atoms with Crippen LogP contribution in [-0.4, -0.2) is 60.5 Å². The molecule has 6 nitrogen and oxygen atoms in total. The highest BCUT2D eigenvalue weighted by Crippen LogP contribution is 2.40. The zero-order valence-electron chi connectivity index (χ0n) is 19.9. The van der Waals surface area contributed by atoms with Gasteiger partial charge in [0.25, 0.3) is 0 Å². The molecule has 2 heterocycles. The Labute approximate surface area is 200 Å². The first kappa shape index (κ1) is 23.9. The van der Waals surface area contributed by atoms with E-state index in [-0.39, 0.29) is 18.0 Å². The number of ether oxygens (including phenoxy) is 1. The number of hydrogen-bond donors (Lipinski definition) is 1. The minimum absolute atomic E-state index is 0.0586. The largest absolute Gasteiger partial charge is 0.459 e. The molecular formula is C26H35N3O3S. The summed E-state index contributed by atoms with van der Waals surface area (Å²) in [5, 5.41) is 3.72. The maximum atomic E-state index is 12.9. The van der Waals surface area contributed by atoms with Crippen LogP contribution in [0.3, 0.4) is 0 Å². The number of carbonyl (C=O) groups excluding carboxylic acids is 2. The number of benzene rings is 1. The molecule has 1 saturated heterocycles. The van der Waals surface area contributed by atoms with Crippen molar-refractivity contribution in [2.24, 2.45) is 5.92 Å². The van der Waals surface area contributed by atoms with E-state index in [1.54, 1.807) is 11.3 Å². The van der Waals surface area contributed by atoms with Crippen molar-refractivity contribution in [1.29, 1.82) is 0 Å². The summed E-state index contributed by atoms with van der Waals surface area (Å²) in [7, 11) is 0. The van der Waals surface area contributed by atoms with Gasteiger partial charge in [0.2, 0.25) is 5.91 Å². The summed E-state index contributed by atoms with van der Waals surface area (Å²) < 4.78 is 5.52. The predicted octanol–water partition coefficient (Wildman–Crippen LogP) is 4.19. The number of hydrogen-bond acceptors (Lipinski definition) is 6. The number of nitrogens with zero attached hydrogens (tertiary/aromatic N) is 2. The molecule has 0 bridgehead atoms. The lowest BCUT2D eigenvalue weighted by molar-refractivity contribution is -0.117. The fourth-order valence-corrected chi connectivity index (χ4v) is 6.06. The Morgan fingerprint density at radius 3 is 2.52 bits per heavy atom. The van der Waals surface area contributed by atoms with Crippen molar-refractivity contribution in [3.8, 4) is 0 Å².